The monoisotopic (exact) mass is 474 g/mol. The number of nitrogens with one attached hydrogen (secondary N) is 1. The molecule has 2 aromatic carbocycles. The molecule has 0 bridgehead atoms. The number of sulfonamides is 1. The number of para-hydroxylation sites is 1. The lowest BCUT2D eigenvalue weighted by Crippen LogP contribution is -2.49. The summed E-state index contributed by atoms with van der Waals surface area (Å²) in [6.07, 6.45) is 0. The van der Waals surface area contributed by atoms with Crippen molar-refractivity contribution in [1.29, 1.82) is 0 Å². The molecule has 1 aliphatic rings. The SMILES string of the molecule is Cc1ccc(-c2nc(=S)n(CN3CCN(S(=O)(=O)c4ccccc4[N+](=O)[O-])CC3)[nH]2)cc1. The maximum atomic E-state index is 13.0. The molecule has 0 saturated carbocycles. The zero-order valence-corrected chi connectivity index (χ0v) is 19.0. The fourth-order valence-electron chi connectivity index (χ4n) is 3.57. The molecule has 0 amide bonds. The Hall–Kier alpha value is -2.93. The van der Waals surface area contributed by atoms with Crippen LogP contribution in [0, 0.1) is 21.8 Å². The van der Waals surface area contributed by atoms with Gasteiger partial charge in [0.2, 0.25) is 14.8 Å². The standard InChI is InChI=1S/C20H22N6O4S2/c1-15-6-8-16(9-7-15)19-21-20(31)25(22-19)14-23-10-12-24(13-11-23)32(29,30)18-5-3-2-4-17(18)26(27)28/h2-9H,10-14H2,1H3,(H,21,22,31). The van der Waals surface area contributed by atoms with Crippen LogP contribution < -0.4 is 0 Å². The zero-order chi connectivity index (χ0) is 22.9. The van der Waals surface area contributed by atoms with Crippen molar-refractivity contribution in [1.82, 2.24) is 24.0 Å². The highest BCUT2D eigenvalue weighted by atomic mass is 32.2. The molecule has 0 aliphatic carbocycles. The number of nitro benzene ring substituents is 1. The fraction of sp³-hybridized carbons (Fsp3) is 0.300. The molecule has 0 atom stereocenters. The van der Waals surface area contributed by atoms with E-state index in [1.54, 1.807) is 4.68 Å². The van der Waals surface area contributed by atoms with E-state index in [1.165, 1.54) is 28.6 Å². The summed E-state index contributed by atoms with van der Waals surface area (Å²) in [6, 6.07) is 13.4. The van der Waals surface area contributed by atoms with E-state index in [-0.39, 0.29) is 18.0 Å². The van der Waals surface area contributed by atoms with Crippen molar-refractivity contribution in [3.63, 3.8) is 0 Å². The van der Waals surface area contributed by atoms with Crippen LogP contribution in [0.15, 0.2) is 53.4 Å². The normalized spacial score (nSPS) is 15.7. The summed E-state index contributed by atoms with van der Waals surface area (Å²) in [5.41, 5.74) is 1.67. The largest absolute Gasteiger partial charge is 0.289 e. The first kappa shape index (κ1) is 22.3. The molecule has 4 rings (SSSR count). The van der Waals surface area contributed by atoms with E-state index in [1.807, 2.05) is 31.2 Å². The van der Waals surface area contributed by atoms with Crippen LogP contribution in [0.1, 0.15) is 5.56 Å². The number of nitrogens with zero attached hydrogens (tertiary/aromatic N) is 5. The van der Waals surface area contributed by atoms with Gasteiger partial charge in [-0.3, -0.25) is 20.1 Å². The van der Waals surface area contributed by atoms with Crippen molar-refractivity contribution in [2.75, 3.05) is 26.2 Å². The summed E-state index contributed by atoms with van der Waals surface area (Å²) in [4.78, 5) is 16.8. The molecule has 168 valence electrons. The number of aromatic amines is 1. The molecule has 2 heterocycles. The minimum Gasteiger partial charge on any atom is -0.282 e. The third-order valence-corrected chi connectivity index (χ3v) is 7.61. The number of benzene rings is 2. The predicted octanol–water partition coefficient (Wildman–Crippen LogP) is 2.79. The number of nitro groups is 1. The molecular weight excluding hydrogens is 452 g/mol. The van der Waals surface area contributed by atoms with Crippen LogP contribution in [-0.4, -0.2) is 63.5 Å². The number of H-pyrrole nitrogens is 1. The second-order valence-electron chi connectivity index (χ2n) is 7.54. The van der Waals surface area contributed by atoms with Crippen LogP contribution in [-0.2, 0) is 16.7 Å². The van der Waals surface area contributed by atoms with E-state index in [9.17, 15) is 18.5 Å². The second-order valence-corrected chi connectivity index (χ2v) is 9.81. The third-order valence-electron chi connectivity index (χ3n) is 5.36. The quantitative estimate of drug-likeness (QED) is 0.332. The smallest absolute Gasteiger partial charge is 0.282 e. The Morgan fingerprint density at radius 2 is 1.75 bits per heavy atom. The molecule has 12 heteroatoms. The van der Waals surface area contributed by atoms with Gasteiger partial charge >= 0.3 is 0 Å². The van der Waals surface area contributed by atoms with E-state index in [0.29, 0.717) is 30.4 Å². The van der Waals surface area contributed by atoms with Gasteiger partial charge in [0.05, 0.1) is 11.6 Å². The highest BCUT2D eigenvalue weighted by Crippen LogP contribution is 2.27. The summed E-state index contributed by atoms with van der Waals surface area (Å²) >= 11 is 5.38. The molecule has 10 nitrogen and oxygen atoms in total. The van der Waals surface area contributed by atoms with Crippen LogP contribution in [0.2, 0.25) is 0 Å². The van der Waals surface area contributed by atoms with Crippen molar-refractivity contribution in [2.45, 2.75) is 18.5 Å². The van der Waals surface area contributed by atoms with Gasteiger partial charge in [-0.25, -0.2) is 13.1 Å². The Kier molecular flexibility index (Phi) is 6.20. The Labute approximate surface area is 190 Å². The number of rotatable bonds is 6. The van der Waals surface area contributed by atoms with E-state index < -0.39 is 20.6 Å². The Bertz CT molecular complexity index is 1290. The van der Waals surface area contributed by atoms with Crippen LogP contribution in [0.3, 0.4) is 0 Å². The minimum atomic E-state index is -3.96. The lowest BCUT2D eigenvalue weighted by Gasteiger charge is -2.33. The lowest BCUT2D eigenvalue weighted by molar-refractivity contribution is -0.387. The van der Waals surface area contributed by atoms with E-state index in [4.69, 9.17) is 12.2 Å². The van der Waals surface area contributed by atoms with Gasteiger partial charge in [0, 0.05) is 37.8 Å². The van der Waals surface area contributed by atoms with Gasteiger partial charge in [-0.2, -0.15) is 9.29 Å². The molecule has 1 saturated heterocycles. The average Bonchev–Trinajstić information content (AvgIpc) is 3.14. The molecule has 0 radical (unpaired) electrons. The van der Waals surface area contributed by atoms with Crippen molar-refractivity contribution in [3.05, 3.63) is 69.0 Å². The molecule has 1 fully saturated rings. The van der Waals surface area contributed by atoms with Gasteiger partial charge in [-0.05, 0) is 25.2 Å². The molecule has 0 unspecified atom stereocenters. The van der Waals surface area contributed by atoms with Crippen LogP contribution in [0.4, 0.5) is 5.69 Å². The molecule has 1 aliphatic heterocycles. The van der Waals surface area contributed by atoms with Gasteiger partial charge in [0.15, 0.2) is 10.7 Å². The lowest BCUT2D eigenvalue weighted by atomic mass is 10.1. The van der Waals surface area contributed by atoms with Gasteiger partial charge < -0.3 is 0 Å². The fourth-order valence-corrected chi connectivity index (χ4v) is 5.34. The highest BCUT2D eigenvalue weighted by molar-refractivity contribution is 7.89. The number of hydrogen-bond acceptors (Lipinski definition) is 7. The molecule has 1 aromatic heterocycles. The first-order valence-corrected chi connectivity index (χ1v) is 11.8. The van der Waals surface area contributed by atoms with E-state index in [2.05, 4.69) is 15.0 Å². The second kappa shape index (κ2) is 8.90. The highest BCUT2D eigenvalue weighted by Gasteiger charge is 2.33. The first-order valence-electron chi connectivity index (χ1n) is 9.95. The Morgan fingerprint density at radius 3 is 2.41 bits per heavy atom. The summed E-state index contributed by atoms with van der Waals surface area (Å²) in [5, 5.41) is 14.5. The van der Waals surface area contributed by atoms with E-state index in [0.717, 1.165) is 11.1 Å². The third kappa shape index (κ3) is 4.48. The summed E-state index contributed by atoms with van der Waals surface area (Å²) < 4.78 is 29.4. The van der Waals surface area contributed by atoms with Crippen LogP contribution in [0.25, 0.3) is 11.4 Å². The Morgan fingerprint density at radius 1 is 1.09 bits per heavy atom. The van der Waals surface area contributed by atoms with Gasteiger partial charge in [-0.1, -0.05) is 42.0 Å². The first-order chi connectivity index (χ1) is 15.3. The topological polar surface area (TPSA) is 117 Å². The van der Waals surface area contributed by atoms with Gasteiger partial charge in [-0.15, -0.1) is 0 Å². The summed E-state index contributed by atoms with van der Waals surface area (Å²) in [7, 11) is -3.96. The molecule has 1 N–H and O–H groups in total. The number of hydrogen-bond donors (Lipinski definition) is 1. The number of piperazine rings is 1. The van der Waals surface area contributed by atoms with E-state index >= 15 is 0 Å². The predicted molar refractivity (Wildman–Crippen MR) is 121 cm³/mol. The van der Waals surface area contributed by atoms with Crippen molar-refractivity contribution >= 4 is 27.9 Å². The van der Waals surface area contributed by atoms with Crippen molar-refractivity contribution < 1.29 is 13.3 Å². The molecule has 32 heavy (non-hydrogen) atoms. The average molecular weight is 475 g/mol. The van der Waals surface area contributed by atoms with Crippen molar-refractivity contribution in [3.8, 4) is 11.4 Å². The van der Waals surface area contributed by atoms with Crippen LogP contribution >= 0.6 is 12.2 Å². The van der Waals surface area contributed by atoms with Crippen LogP contribution in [0.5, 0.6) is 0 Å². The molecular formula is C20H22N6O4S2. The molecule has 0 spiro atoms. The Balaban J connectivity index is 1.44. The zero-order valence-electron chi connectivity index (χ0n) is 17.3. The number of aromatic nitrogens is 3. The maximum Gasteiger partial charge on any atom is 0.289 e. The van der Waals surface area contributed by atoms with Gasteiger partial charge in [0.25, 0.3) is 5.69 Å². The van der Waals surface area contributed by atoms with Gasteiger partial charge in [0.1, 0.15) is 0 Å². The maximum absolute atomic E-state index is 13.0. The summed E-state index contributed by atoms with van der Waals surface area (Å²) in [6.45, 7) is 3.82. The number of aryl methyl sites for hydroxylation is 1. The van der Waals surface area contributed by atoms with Crippen molar-refractivity contribution in [2.24, 2.45) is 0 Å². The summed E-state index contributed by atoms with van der Waals surface area (Å²) in [5.74, 6) is 0.674. The molecule has 3 aromatic rings. The minimum absolute atomic E-state index is 0.223.